The number of halogens is 1. The predicted octanol–water partition coefficient (Wildman–Crippen LogP) is 2.40. The van der Waals surface area contributed by atoms with E-state index in [9.17, 15) is 4.79 Å². The van der Waals surface area contributed by atoms with Crippen LogP contribution < -0.4 is 0 Å². The fourth-order valence-electron chi connectivity index (χ4n) is 1.59. The third-order valence-electron chi connectivity index (χ3n) is 2.44. The summed E-state index contributed by atoms with van der Waals surface area (Å²) in [6.45, 7) is 0.482. The molecule has 0 radical (unpaired) electrons. The molecule has 1 aromatic carbocycles. The lowest BCUT2D eigenvalue weighted by molar-refractivity contribution is 0.0779. The molecular formula is C13H12ClN3O. The van der Waals surface area contributed by atoms with Gasteiger partial charge in [0, 0.05) is 31.0 Å². The number of benzene rings is 1. The summed E-state index contributed by atoms with van der Waals surface area (Å²) in [5, 5.41) is 0.660. The molecule has 0 aliphatic rings. The van der Waals surface area contributed by atoms with Gasteiger partial charge in [-0.25, -0.2) is 4.98 Å². The average Bonchev–Trinajstić information content (AvgIpc) is 2.39. The molecule has 0 unspecified atom stereocenters. The van der Waals surface area contributed by atoms with Crippen molar-refractivity contribution in [2.45, 2.75) is 6.54 Å². The van der Waals surface area contributed by atoms with E-state index in [0.717, 1.165) is 5.56 Å². The van der Waals surface area contributed by atoms with Crippen molar-refractivity contribution >= 4 is 17.5 Å². The van der Waals surface area contributed by atoms with Gasteiger partial charge in [0.2, 0.25) is 0 Å². The summed E-state index contributed by atoms with van der Waals surface area (Å²) < 4.78 is 0. The van der Waals surface area contributed by atoms with Gasteiger partial charge in [-0.2, -0.15) is 0 Å². The molecule has 1 heterocycles. The molecule has 1 aromatic heterocycles. The standard InChI is InChI=1S/C13H12ClN3O/c1-17(9-10-3-2-4-11(14)7-10)13(18)12-8-15-5-6-16-12/h2-8H,9H2,1H3. The van der Waals surface area contributed by atoms with Gasteiger partial charge in [-0.1, -0.05) is 23.7 Å². The van der Waals surface area contributed by atoms with Crippen LogP contribution in [0.5, 0.6) is 0 Å². The molecule has 0 atom stereocenters. The Balaban J connectivity index is 2.09. The molecule has 2 rings (SSSR count). The van der Waals surface area contributed by atoms with Crippen LogP contribution in [-0.2, 0) is 6.54 Å². The number of hydrogen-bond acceptors (Lipinski definition) is 3. The summed E-state index contributed by atoms with van der Waals surface area (Å²) in [4.78, 5) is 21.5. The van der Waals surface area contributed by atoms with Gasteiger partial charge >= 0.3 is 0 Å². The SMILES string of the molecule is CN(Cc1cccc(Cl)c1)C(=O)c1cnccn1. The molecular weight excluding hydrogens is 250 g/mol. The number of hydrogen-bond donors (Lipinski definition) is 0. The Morgan fingerprint density at radius 2 is 2.22 bits per heavy atom. The van der Waals surface area contributed by atoms with Crippen LogP contribution in [0.2, 0.25) is 5.02 Å². The zero-order chi connectivity index (χ0) is 13.0. The third kappa shape index (κ3) is 3.05. The van der Waals surface area contributed by atoms with Crippen molar-refractivity contribution in [3.63, 3.8) is 0 Å². The van der Waals surface area contributed by atoms with E-state index < -0.39 is 0 Å². The number of carbonyl (C=O) groups excluding carboxylic acids is 1. The highest BCUT2D eigenvalue weighted by Crippen LogP contribution is 2.12. The van der Waals surface area contributed by atoms with Crippen LogP contribution in [0.15, 0.2) is 42.9 Å². The van der Waals surface area contributed by atoms with E-state index in [1.807, 2.05) is 18.2 Å². The molecule has 0 bridgehead atoms. The van der Waals surface area contributed by atoms with E-state index in [1.54, 1.807) is 18.0 Å². The van der Waals surface area contributed by atoms with Gasteiger partial charge in [0.1, 0.15) is 5.69 Å². The molecule has 1 amide bonds. The van der Waals surface area contributed by atoms with Gasteiger partial charge in [-0.3, -0.25) is 9.78 Å². The number of carbonyl (C=O) groups is 1. The van der Waals surface area contributed by atoms with E-state index >= 15 is 0 Å². The van der Waals surface area contributed by atoms with E-state index in [2.05, 4.69) is 9.97 Å². The van der Waals surface area contributed by atoms with Crippen molar-refractivity contribution in [1.29, 1.82) is 0 Å². The van der Waals surface area contributed by atoms with E-state index in [0.29, 0.717) is 17.3 Å². The van der Waals surface area contributed by atoms with E-state index in [4.69, 9.17) is 11.6 Å². The zero-order valence-corrected chi connectivity index (χ0v) is 10.6. The minimum Gasteiger partial charge on any atom is -0.336 e. The molecule has 0 saturated heterocycles. The molecule has 0 fully saturated rings. The van der Waals surface area contributed by atoms with E-state index in [-0.39, 0.29) is 5.91 Å². The van der Waals surface area contributed by atoms with Crippen LogP contribution in [0.3, 0.4) is 0 Å². The minimum absolute atomic E-state index is 0.164. The highest BCUT2D eigenvalue weighted by Gasteiger charge is 2.13. The van der Waals surface area contributed by atoms with Crippen molar-refractivity contribution < 1.29 is 4.79 Å². The predicted molar refractivity (Wildman–Crippen MR) is 69.3 cm³/mol. The summed E-state index contributed by atoms with van der Waals surface area (Å²) in [6.07, 6.45) is 4.49. The third-order valence-corrected chi connectivity index (χ3v) is 2.67. The highest BCUT2D eigenvalue weighted by atomic mass is 35.5. The highest BCUT2D eigenvalue weighted by molar-refractivity contribution is 6.30. The van der Waals surface area contributed by atoms with Crippen molar-refractivity contribution in [2.75, 3.05) is 7.05 Å². The van der Waals surface area contributed by atoms with Crippen LogP contribution >= 0.6 is 11.6 Å². The lowest BCUT2D eigenvalue weighted by Crippen LogP contribution is -2.27. The van der Waals surface area contributed by atoms with Crippen LogP contribution in [0, 0.1) is 0 Å². The second kappa shape index (κ2) is 5.60. The molecule has 18 heavy (non-hydrogen) atoms. The van der Waals surface area contributed by atoms with Crippen LogP contribution in [0.25, 0.3) is 0 Å². The Kier molecular flexibility index (Phi) is 3.89. The molecule has 0 saturated carbocycles. The number of rotatable bonds is 3. The maximum Gasteiger partial charge on any atom is 0.274 e. The van der Waals surface area contributed by atoms with Crippen molar-refractivity contribution in [1.82, 2.24) is 14.9 Å². The first-order valence-corrected chi connectivity index (χ1v) is 5.80. The smallest absolute Gasteiger partial charge is 0.274 e. The maximum absolute atomic E-state index is 12.0. The van der Waals surface area contributed by atoms with Gasteiger partial charge < -0.3 is 4.90 Å². The molecule has 2 aromatic rings. The number of aromatic nitrogens is 2. The van der Waals surface area contributed by atoms with Crippen molar-refractivity contribution in [3.05, 3.63) is 59.1 Å². The van der Waals surface area contributed by atoms with Crippen LogP contribution in [-0.4, -0.2) is 27.8 Å². The molecule has 5 heteroatoms. The minimum atomic E-state index is -0.164. The summed E-state index contributed by atoms with van der Waals surface area (Å²) in [5.41, 5.74) is 1.31. The van der Waals surface area contributed by atoms with Gasteiger partial charge in [-0.05, 0) is 17.7 Å². The average molecular weight is 262 g/mol. The molecule has 0 aliphatic heterocycles. The monoisotopic (exact) mass is 261 g/mol. The first-order chi connectivity index (χ1) is 8.66. The van der Waals surface area contributed by atoms with Gasteiger partial charge in [0.25, 0.3) is 5.91 Å². The van der Waals surface area contributed by atoms with Crippen molar-refractivity contribution in [3.8, 4) is 0 Å². The Labute approximate surface area is 110 Å². The van der Waals surface area contributed by atoms with Crippen LogP contribution in [0.1, 0.15) is 16.1 Å². The van der Waals surface area contributed by atoms with Gasteiger partial charge in [0.15, 0.2) is 0 Å². The maximum atomic E-state index is 12.0. The molecule has 0 spiro atoms. The fourth-order valence-corrected chi connectivity index (χ4v) is 1.80. The number of nitrogens with zero attached hydrogens (tertiary/aromatic N) is 3. The first kappa shape index (κ1) is 12.5. The summed E-state index contributed by atoms with van der Waals surface area (Å²) in [7, 11) is 1.72. The lowest BCUT2D eigenvalue weighted by Gasteiger charge is -2.16. The summed E-state index contributed by atoms with van der Waals surface area (Å²) in [5.74, 6) is -0.164. The fraction of sp³-hybridized carbons (Fsp3) is 0.154. The van der Waals surface area contributed by atoms with Crippen LogP contribution in [0.4, 0.5) is 0 Å². The Hall–Kier alpha value is -1.94. The molecule has 0 N–H and O–H groups in total. The first-order valence-electron chi connectivity index (χ1n) is 5.43. The quantitative estimate of drug-likeness (QED) is 0.852. The van der Waals surface area contributed by atoms with Gasteiger partial charge in [0.05, 0.1) is 6.20 Å². The second-order valence-electron chi connectivity index (χ2n) is 3.88. The second-order valence-corrected chi connectivity index (χ2v) is 4.32. The molecule has 4 nitrogen and oxygen atoms in total. The van der Waals surface area contributed by atoms with Gasteiger partial charge in [-0.15, -0.1) is 0 Å². The normalized spacial score (nSPS) is 10.1. The molecule has 92 valence electrons. The Morgan fingerprint density at radius 1 is 1.39 bits per heavy atom. The lowest BCUT2D eigenvalue weighted by atomic mass is 10.2. The largest absolute Gasteiger partial charge is 0.336 e. The van der Waals surface area contributed by atoms with Crippen molar-refractivity contribution in [2.24, 2.45) is 0 Å². The topological polar surface area (TPSA) is 46.1 Å². The Bertz CT molecular complexity index is 545. The summed E-state index contributed by atoms with van der Waals surface area (Å²) >= 11 is 5.90. The van der Waals surface area contributed by atoms with E-state index in [1.165, 1.54) is 18.6 Å². The zero-order valence-electron chi connectivity index (χ0n) is 9.88. The number of amides is 1. The summed E-state index contributed by atoms with van der Waals surface area (Å²) in [6, 6.07) is 7.42. The Morgan fingerprint density at radius 3 is 2.89 bits per heavy atom. The molecule has 0 aliphatic carbocycles.